The summed E-state index contributed by atoms with van der Waals surface area (Å²) in [6, 6.07) is 8.16. The predicted octanol–water partition coefficient (Wildman–Crippen LogP) is 6.20. The summed E-state index contributed by atoms with van der Waals surface area (Å²) in [7, 11) is 3.12. The Hall–Kier alpha value is -2.90. The van der Waals surface area contributed by atoms with E-state index in [0.29, 0.717) is 36.8 Å². The number of benzene rings is 2. The van der Waals surface area contributed by atoms with Gasteiger partial charge in [-0.3, -0.25) is 4.79 Å². The highest BCUT2D eigenvalue weighted by atomic mass is 19.4. The van der Waals surface area contributed by atoms with Gasteiger partial charge in [0.25, 0.3) is 0 Å². The fourth-order valence-electron chi connectivity index (χ4n) is 5.20. The van der Waals surface area contributed by atoms with Crippen LogP contribution < -0.4 is 14.2 Å². The number of ether oxygens (including phenoxy) is 3. The number of carbonyl (C=O) groups excluding carboxylic acids is 1. The van der Waals surface area contributed by atoms with Crippen LogP contribution in [0.2, 0.25) is 0 Å². The monoisotopic (exact) mass is 491 g/mol. The van der Waals surface area contributed by atoms with Crippen LogP contribution in [0.15, 0.2) is 36.4 Å². The number of hydrogen-bond donors (Lipinski definition) is 0. The van der Waals surface area contributed by atoms with Crippen molar-refractivity contribution in [3.63, 3.8) is 0 Å². The molecular weight excluding hydrogens is 459 g/mol. The summed E-state index contributed by atoms with van der Waals surface area (Å²) in [6.45, 7) is 0.560. The summed E-state index contributed by atoms with van der Waals surface area (Å²) >= 11 is 0. The van der Waals surface area contributed by atoms with E-state index >= 15 is 0 Å². The summed E-state index contributed by atoms with van der Waals surface area (Å²) in [5, 5.41) is 0. The van der Waals surface area contributed by atoms with Crippen molar-refractivity contribution in [3.05, 3.63) is 53.1 Å². The van der Waals surface area contributed by atoms with Crippen LogP contribution in [0, 0.1) is 5.92 Å². The molecule has 2 aromatic carbocycles. The van der Waals surface area contributed by atoms with Gasteiger partial charge < -0.3 is 19.1 Å². The summed E-state index contributed by atoms with van der Waals surface area (Å²) in [4.78, 5) is 15.3. The summed E-state index contributed by atoms with van der Waals surface area (Å²) in [5.74, 6) is 1.71. The van der Waals surface area contributed by atoms with Crippen molar-refractivity contribution >= 4 is 5.91 Å². The van der Waals surface area contributed by atoms with E-state index in [1.807, 2.05) is 17.0 Å². The second-order valence-corrected chi connectivity index (χ2v) is 9.30. The third-order valence-corrected chi connectivity index (χ3v) is 7.08. The molecule has 0 N–H and O–H groups in total. The molecule has 1 atom stereocenters. The lowest BCUT2D eigenvalue weighted by molar-refractivity contribution is -0.137. The minimum atomic E-state index is -4.46. The highest BCUT2D eigenvalue weighted by Gasteiger charge is 2.34. The van der Waals surface area contributed by atoms with Gasteiger partial charge >= 0.3 is 6.18 Å². The normalized spacial score (nSPS) is 18.7. The molecule has 1 heterocycles. The van der Waals surface area contributed by atoms with Gasteiger partial charge in [0.1, 0.15) is 12.4 Å². The lowest BCUT2D eigenvalue weighted by Crippen LogP contribution is -2.43. The van der Waals surface area contributed by atoms with E-state index in [9.17, 15) is 18.0 Å². The van der Waals surface area contributed by atoms with Gasteiger partial charge in [0.15, 0.2) is 11.5 Å². The zero-order valence-electron chi connectivity index (χ0n) is 20.2. The van der Waals surface area contributed by atoms with Crippen LogP contribution in [0.1, 0.15) is 61.3 Å². The molecule has 2 aliphatic rings. The average molecular weight is 492 g/mol. The standard InChI is InChI=1S/C27H32F3NO4/c1-33-24-14-19-11-12-31(26(32)13-18-7-4-3-5-8-18)23(22(19)16-25(24)34-2)17-35-21-10-6-9-20(15-21)27(28,29)30/h6,9-10,14-16,18,23H,3-5,7-8,11-13,17H2,1-2H3/t23-/m1/s1. The smallest absolute Gasteiger partial charge is 0.416 e. The minimum Gasteiger partial charge on any atom is -0.493 e. The molecule has 1 aliphatic carbocycles. The summed E-state index contributed by atoms with van der Waals surface area (Å²) in [5.41, 5.74) is 1.12. The molecule has 190 valence electrons. The van der Waals surface area contributed by atoms with Crippen molar-refractivity contribution in [1.29, 1.82) is 0 Å². The SMILES string of the molecule is COc1cc2c(cc1OC)[C@@H](COc1cccc(C(F)(F)F)c1)N(C(=O)CC1CCCCC1)CC2. The highest BCUT2D eigenvalue weighted by Crippen LogP contribution is 2.40. The molecule has 4 rings (SSSR count). The Labute approximate surface area is 204 Å². The van der Waals surface area contributed by atoms with Crippen molar-refractivity contribution in [2.45, 2.75) is 57.2 Å². The largest absolute Gasteiger partial charge is 0.493 e. The Balaban J connectivity index is 1.61. The fraction of sp³-hybridized carbons (Fsp3) is 0.519. The second kappa shape index (κ2) is 10.8. The maximum absolute atomic E-state index is 13.4. The van der Waals surface area contributed by atoms with E-state index in [0.717, 1.165) is 48.9 Å². The van der Waals surface area contributed by atoms with Crippen molar-refractivity contribution in [2.75, 3.05) is 27.4 Å². The maximum atomic E-state index is 13.4. The Morgan fingerprint density at radius 1 is 1.03 bits per heavy atom. The minimum absolute atomic E-state index is 0.0419. The van der Waals surface area contributed by atoms with Crippen LogP contribution in [0.4, 0.5) is 13.2 Å². The second-order valence-electron chi connectivity index (χ2n) is 9.30. The van der Waals surface area contributed by atoms with Gasteiger partial charge in [-0.05, 0) is 66.6 Å². The van der Waals surface area contributed by atoms with Gasteiger partial charge in [0.2, 0.25) is 5.91 Å². The highest BCUT2D eigenvalue weighted by molar-refractivity contribution is 5.77. The van der Waals surface area contributed by atoms with Gasteiger partial charge in [0.05, 0.1) is 25.8 Å². The van der Waals surface area contributed by atoms with Gasteiger partial charge in [0, 0.05) is 13.0 Å². The molecule has 1 fully saturated rings. The molecule has 5 nitrogen and oxygen atoms in total. The lowest BCUT2D eigenvalue weighted by Gasteiger charge is -2.38. The lowest BCUT2D eigenvalue weighted by atomic mass is 9.85. The van der Waals surface area contributed by atoms with Crippen molar-refractivity contribution < 1.29 is 32.2 Å². The quantitative estimate of drug-likeness (QED) is 0.463. The molecule has 1 amide bonds. The number of hydrogen-bond acceptors (Lipinski definition) is 4. The number of fused-ring (bicyclic) bond motifs is 1. The number of nitrogens with zero attached hydrogens (tertiary/aromatic N) is 1. The van der Waals surface area contributed by atoms with E-state index in [2.05, 4.69) is 0 Å². The zero-order valence-corrected chi connectivity index (χ0v) is 20.2. The van der Waals surface area contributed by atoms with Gasteiger partial charge in [-0.2, -0.15) is 13.2 Å². The number of amides is 1. The number of rotatable bonds is 7. The molecule has 0 bridgehead atoms. The first kappa shape index (κ1) is 25.2. The van der Waals surface area contributed by atoms with E-state index in [4.69, 9.17) is 14.2 Å². The Kier molecular flexibility index (Phi) is 7.77. The summed E-state index contributed by atoms with van der Waals surface area (Å²) in [6.07, 6.45) is 2.34. The van der Waals surface area contributed by atoms with Crippen LogP contribution in [0.3, 0.4) is 0 Å². The molecule has 0 radical (unpaired) electrons. The maximum Gasteiger partial charge on any atom is 0.416 e. The number of carbonyl (C=O) groups is 1. The Morgan fingerprint density at radius 3 is 2.43 bits per heavy atom. The Morgan fingerprint density at radius 2 is 1.74 bits per heavy atom. The van der Waals surface area contributed by atoms with E-state index in [-0.39, 0.29) is 18.3 Å². The van der Waals surface area contributed by atoms with Crippen molar-refractivity contribution in [1.82, 2.24) is 4.90 Å². The van der Waals surface area contributed by atoms with Gasteiger partial charge in [-0.25, -0.2) is 0 Å². The topological polar surface area (TPSA) is 48.0 Å². The summed E-state index contributed by atoms with van der Waals surface area (Å²) < 4.78 is 56.3. The molecular formula is C27H32F3NO4. The van der Waals surface area contributed by atoms with Gasteiger partial charge in [-0.1, -0.05) is 25.3 Å². The predicted molar refractivity (Wildman–Crippen MR) is 126 cm³/mol. The van der Waals surface area contributed by atoms with Crippen LogP contribution in [0.5, 0.6) is 17.2 Å². The van der Waals surface area contributed by atoms with Crippen LogP contribution in [0.25, 0.3) is 0 Å². The van der Waals surface area contributed by atoms with E-state index in [1.165, 1.54) is 18.6 Å². The third-order valence-electron chi connectivity index (χ3n) is 7.08. The molecule has 2 aromatic rings. The molecule has 8 heteroatoms. The molecule has 0 unspecified atom stereocenters. The van der Waals surface area contributed by atoms with E-state index in [1.54, 1.807) is 14.2 Å². The van der Waals surface area contributed by atoms with Crippen LogP contribution in [-0.2, 0) is 17.4 Å². The molecule has 35 heavy (non-hydrogen) atoms. The molecule has 0 spiro atoms. The third kappa shape index (κ3) is 5.85. The first-order valence-electron chi connectivity index (χ1n) is 12.1. The van der Waals surface area contributed by atoms with E-state index < -0.39 is 17.8 Å². The zero-order chi connectivity index (χ0) is 25.0. The van der Waals surface area contributed by atoms with Crippen LogP contribution >= 0.6 is 0 Å². The fourth-order valence-corrected chi connectivity index (χ4v) is 5.20. The Bertz CT molecular complexity index is 1030. The van der Waals surface area contributed by atoms with Crippen LogP contribution in [-0.4, -0.2) is 38.2 Å². The molecule has 0 saturated heterocycles. The number of alkyl halides is 3. The molecule has 1 saturated carbocycles. The first-order chi connectivity index (χ1) is 16.8. The molecule has 0 aromatic heterocycles. The van der Waals surface area contributed by atoms with Crippen molar-refractivity contribution in [2.24, 2.45) is 5.92 Å². The average Bonchev–Trinajstić information content (AvgIpc) is 2.86. The number of halogens is 3. The van der Waals surface area contributed by atoms with Crippen molar-refractivity contribution in [3.8, 4) is 17.2 Å². The molecule has 1 aliphatic heterocycles. The number of methoxy groups -OCH3 is 2. The first-order valence-corrected chi connectivity index (χ1v) is 12.1. The van der Waals surface area contributed by atoms with Gasteiger partial charge in [-0.15, -0.1) is 0 Å².